The Morgan fingerprint density at radius 1 is 1.20 bits per heavy atom. The number of hydrogen-bond donors (Lipinski definition) is 1. The summed E-state index contributed by atoms with van der Waals surface area (Å²) in [6.45, 7) is 2.27. The van der Waals surface area contributed by atoms with Crippen molar-refractivity contribution in [2.24, 2.45) is 5.41 Å². The number of benzene rings is 1. The summed E-state index contributed by atoms with van der Waals surface area (Å²) in [5.74, 6) is -0.337. The molecule has 35 heavy (non-hydrogen) atoms. The minimum Gasteiger partial charge on any atom is -0.391 e. The summed E-state index contributed by atoms with van der Waals surface area (Å²) in [5, 5.41) is 11.1. The van der Waals surface area contributed by atoms with Crippen LogP contribution in [0, 0.1) is 5.41 Å². The Kier molecular flexibility index (Phi) is 8.14. The second kappa shape index (κ2) is 11.1. The van der Waals surface area contributed by atoms with Crippen LogP contribution in [0.3, 0.4) is 0 Å². The molecule has 1 spiro atoms. The van der Waals surface area contributed by atoms with E-state index >= 15 is 0 Å². The molecule has 0 aromatic heterocycles. The molecule has 1 N–H and O–H groups in total. The van der Waals surface area contributed by atoms with Crippen LogP contribution in [0.1, 0.15) is 37.7 Å². The first-order valence-corrected chi connectivity index (χ1v) is 12.7. The standard InChI is InChI=1S/C26H34ClN3O5/c1-35-18-21(16-25(34)29-12-10-26(8-9-26)22(31)17-29)30-14-13-28(11-7-24(30)33)23(32)6-5-19-3-2-4-20(27)15-19/h2-6,15,21-22,31H,7-14,16-18H2,1H3/t21?,22-/m1/s1. The number of aliphatic hydroxyl groups excluding tert-OH is 1. The monoisotopic (exact) mass is 503 g/mol. The smallest absolute Gasteiger partial charge is 0.246 e. The van der Waals surface area contributed by atoms with E-state index in [1.165, 1.54) is 6.08 Å². The topological polar surface area (TPSA) is 90.4 Å². The lowest BCUT2D eigenvalue weighted by atomic mass is 9.90. The number of nitrogens with zero attached hydrogens (tertiary/aromatic N) is 3. The van der Waals surface area contributed by atoms with Gasteiger partial charge in [0, 0.05) is 63.8 Å². The van der Waals surface area contributed by atoms with Crippen LogP contribution in [0.5, 0.6) is 0 Å². The summed E-state index contributed by atoms with van der Waals surface area (Å²) in [6, 6.07) is 6.82. The maximum Gasteiger partial charge on any atom is 0.246 e. The van der Waals surface area contributed by atoms with Gasteiger partial charge in [-0.25, -0.2) is 0 Å². The summed E-state index contributed by atoms with van der Waals surface area (Å²) < 4.78 is 5.35. The molecule has 3 aliphatic rings. The summed E-state index contributed by atoms with van der Waals surface area (Å²) in [6.07, 6.45) is 5.97. The van der Waals surface area contributed by atoms with Gasteiger partial charge in [-0.3, -0.25) is 14.4 Å². The highest BCUT2D eigenvalue weighted by atomic mass is 35.5. The number of methoxy groups -OCH3 is 1. The number of halogens is 1. The Labute approximate surface area is 211 Å². The molecule has 190 valence electrons. The quantitative estimate of drug-likeness (QED) is 0.576. The van der Waals surface area contributed by atoms with Gasteiger partial charge in [0.1, 0.15) is 0 Å². The number of rotatable bonds is 7. The molecule has 0 radical (unpaired) electrons. The average molecular weight is 504 g/mol. The van der Waals surface area contributed by atoms with Gasteiger partial charge >= 0.3 is 0 Å². The molecule has 1 aromatic rings. The van der Waals surface area contributed by atoms with Crippen LogP contribution in [-0.4, -0.2) is 96.1 Å². The van der Waals surface area contributed by atoms with Crippen molar-refractivity contribution in [2.75, 3.05) is 46.4 Å². The summed E-state index contributed by atoms with van der Waals surface area (Å²) >= 11 is 6.00. The molecule has 3 fully saturated rings. The maximum atomic E-state index is 13.1. The number of hydrogen-bond acceptors (Lipinski definition) is 5. The Balaban J connectivity index is 1.35. The fourth-order valence-electron chi connectivity index (χ4n) is 5.10. The van der Waals surface area contributed by atoms with E-state index in [1.54, 1.807) is 40.0 Å². The predicted molar refractivity (Wildman–Crippen MR) is 133 cm³/mol. The van der Waals surface area contributed by atoms with E-state index in [0.717, 1.165) is 24.8 Å². The molecule has 0 bridgehead atoms. The van der Waals surface area contributed by atoms with Gasteiger partial charge in [-0.1, -0.05) is 23.7 Å². The van der Waals surface area contributed by atoms with Crippen LogP contribution < -0.4 is 0 Å². The molecule has 1 unspecified atom stereocenters. The Morgan fingerprint density at radius 3 is 2.69 bits per heavy atom. The number of carbonyl (C=O) groups excluding carboxylic acids is 3. The van der Waals surface area contributed by atoms with E-state index in [4.69, 9.17) is 16.3 Å². The van der Waals surface area contributed by atoms with Crippen LogP contribution in [-0.2, 0) is 19.1 Å². The number of β-amino-alcohol motifs (C(OH)–C–C–N with tert-alkyl or cyclic N) is 1. The van der Waals surface area contributed by atoms with Crippen molar-refractivity contribution in [1.82, 2.24) is 14.7 Å². The molecular formula is C26H34ClN3O5. The molecule has 2 atom stereocenters. The first-order chi connectivity index (χ1) is 16.8. The Bertz CT molecular complexity index is 979. The van der Waals surface area contributed by atoms with Crippen molar-refractivity contribution in [2.45, 2.75) is 44.2 Å². The van der Waals surface area contributed by atoms with Crippen LogP contribution in [0.2, 0.25) is 5.02 Å². The Hall–Kier alpha value is -2.42. The third kappa shape index (κ3) is 6.23. The predicted octanol–water partition coefficient (Wildman–Crippen LogP) is 2.19. The lowest BCUT2D eigenvalue weighted by molar-refractivity contribution is -0.141. The van der Waals surface area contributed by atoms with Gasteiger partial charge in [-0.15, -0.1) is 0 Å². The largest absolute Gasteiger partial charge is 0.391 e. The minimum absolute atomic E-state index is 0.0285. The minimum atomic E-state index is -0.472. The highest BCUT2D eigenvalue weighted by Gasteiger charge is 2.51. The molecule has 2 heterocycles. The van der Waals surface area contributed by atoms with Crippen molar-refractivity contribution < 1.29 is 24.2 Å². The van der Waals surface area contributed by atoms with Crippen molar-refractivity contribution in [3.63, 3.8) is 0 Å². The lowest BCUT2D eigenvalue weighted by Crippen LogP contribution is -2.51. The summed E-state index contributed by atoms with van der Waals surface area (Å²) in [4.78, 5) is 43.8. The number of likely N-dealkylation sites (tertiary alicyclic amines) is 1. The van der Waals surface area contributed by atoms with Crippen molar-refractivity contribution in [3.8, 4) is 0 Å². The van der Waals surface area contributed by atoms with Gasteiger partial charge in [0.2, 0.25) is 17.7 Å². The normalized spacial score (nSPS) is 23.0. The molecule has 2 aliphatic heterocycles. The zero-order valence-electron chi connectivity index (χ0n) is 20.2. The average Bonchev–Trinajstić information content (AvgIpc) is 3.64. The number of aliphatic hydroxyl groups is 1. The molecule has 1 aliphatic carbocycles. The third-order valence-corrected chi connectivity index (χ3v) is 7.78. The molecule has 3 amide bonds. The van der Waals surface area contributed by atoms with Crippen LogP contribution >= 0.6 is 11.6 Å². The van der Waals surface area contributed by atoms with Gasteiger partial charge in [-0.05, 0) is 48.4 Å². The summed E-state index contributed by atoms with van der Waals surface area (Å²) in [7, 11) is 1.55. The zero-order chi connectivity index (χ0) is 25.0. The van der Waals surface area contributed by atoms with E-state index in [1.807, 2.05) is 12.1 Å². The highest BCUT2D eigenvalue weighted by molar-refractivity contribution is 6.30. The third-order valence-electron chi connectivity index (χ3n) is 7.54. The Morgan fingerprint density at radius 2 is 2.00 bits per heavy atom. The van der Waals surface area contributed by atoms with Crippen molar-refractivity contribution in [1.29, 1.82) is 0 Å². The fraction of sp³-hybridized carbons (Fsp3) is 0.577. The van der Waals surface area contributed by atoms with Gasteiger partial charge < -0.3 is 24.5 Å². The lowest BCUT2D eigenvalue weighted by Gasteiger charge is -2.38. The second-order valence-corrected chi connectivity index (χ2v) is 10.3. The summed E-state index contributed by atoms with van der Waals surface area (Å²) in [5.41, 5.74) is 0.855. The number of piperidine rings is 1. The van der Waals surface area contributed by atoms with E-state index in [2.05, 4.69) is 0 Å². The SMILES string of the molecule is COCC(CC(=O)N1CCC2(CC2)[C@H](O)C1)N1CCN(C(=O)C=Cc2cccc(Cl)c2)CCC1=O. The van der Waals surface area contributed by atoms with Crippen molar-refractivity contribution in [3.05, 3.63) is 40.9 Å². The molecule has 9 heteroatoms. The molecule has 4 rings (SSSR count). The second-order valence-electron chi connectivity index (χ2n) is 9.83. The number of amides is 3. The van der Waals surface area contributed by atoms with Crippen molar-refractivity contribution >= 4 is 35.4 Å². The molecular weight excluding hydrogens is 470 g/mol. The maximum absolute atomic E-state index is 13.1. The van der Waals surface area contributed by atoms with E-state index < -0.39 is 12.1 Å². The number of ether oxygens (including phenoxy) is 1. The highest BCUT2D eigenvalue weighted by Crippen LogP contribution is 2.53. The first-order valence-electron chi connectivity index (χ1n) is 12.3. The first kappa shape index (κ1) is 25.7. The molecule has 2 saturated heterocycles. The zero-order valence-corrected chi connectivity index (χ0v) is 21.0. The molecule has 1 saturated carbocycles. The van der Waals surface area contributed by atoms with Gasteiger partial charge in [0.25, 0.3) is 0 Å². The van der Waals surface area contributed by atoms with Gasteiger partial charge in [0.05, 0.1) is 18.8 Å². The van der Waals surface area contributed by atoms with E-state index in [0.29, 0.717) is 37.7 Å². The van der Waals surface area contributed by atoms with E-state index in [-0.39, 0.29) is 42.6 Å². The molecule has 1 aromatic carbocycles. The number of carbonyl (C=O) groups is 3. The molecule has 8 nitrogen and oxygen atoms in total. The van der Waals surface area contributed by atoms with Crippen LogP contribution in [0.4, 0.5) is 0 Å². The van der Waals surface area contributed by atoms with Crippen LogP contribution in [0.15, 0.2) is 30.3 Å². The van der Waals surface area contributed by atoms with Crippen LogP contribution in [0.25, 0.3) is 6.08 Å². The van der Waals surface area contributed by atoms with E-state index in [9.17, 15) is 19.5 Å². The fourth-order valence-corrected chi connectivity index (χ4v) is 5.30. The van der Waals surface area contributed by atoms with Gasteiger partial charge in [0.15, 0.2) is 0 Å². The van der Waals surface area contributed by atoms with Gasteiger partial charge in [-0.2, -0.15) is 0 Å².